The van der Waals surface area contributed by atoms with E-state index in [-0.39, 0.29) is 0 Å². The van der Waals surface area contributed by atoms with Gasteiger partial charge in [0.2, 0.25) is 0 Å². The summed E-state index contributed by atoms with van der Waals surface area (Å²) in [5.74, 6) is 2.70. The lowest BCUT2D eigenvalue weighted by Crippen LogP contribution is -2.09. The van der Waals surface area contributed by atoms with Gasteiger partial charge in [-0.05, 0) is 74.2 Å². The molecule has 0 aliphatic carbocycles. The first-order valence-electron chi connectivity index (χ1n) is 10.6. The first-order chi connectivity index (χ1) is 15.1. The monoisotopic (exact) mass is 434 g/mol. The molecule has 4 aromatic rings. The number of para-hydroxylation sites is 3. The summed E-state index contributed by atoms with van der Waals surface area (Å²) in [5.41, 5.74) is 4.29. The maximum Gasteiger partial charge on any atom is 0.147 e. The first kappa shape index (κ1) is 21.3. The van der Waals surface area contributed by atoms with Gasteiger partial charge in [-0.25, -0.2) is 4.98 Å². The Labute approximate surface area is 188 Å². The fourth-order valence-electron chi connectivity index (χ4n) is 3.61. The van der Waals surface area contributed by atoms with E-state index < -0.39 is 0 Å². The van der Waals surface area contributed by atoms with Gasteiger partial charge in [0, 0.05) is 11.6 Å². The van der Waals surface area contributed by atoms with Gasteiger partial charge >= 0.3 is 0 Å². The number of aromatic nitrogens is 2. The highest BCUT2D eigenvalue weighted by molar-refractivity contribution is 6.31. The minimum atomic E-state index is 0.445. The second-order valence-electron chi connectivity index (χ2n) is 7.69. The molecule has 0 fully saturated rings. The lowest BCUT2D eigenvalue weighted by molar-refractivity contribution is 0.283. The van der Waals surface area contributed by atoms with Gasteiger partial charge in [0.15, 0.2) is 0 Å². The van der Waals surface area contributed by atoms with Crippen molar-refractivity contribution in [3.05, 3.63) is 88.7 Å². The van der Waals surface area contributed by atoms with Crippen LogP contribution in [0.25, 0.3) is 11.0 Å². The molecule has 0 amide bonds. The number of halogens is 1. The minimum Gasteiger partial charge on any atom is -0.494 e. The highest BCUT2D eigenvalue weighted by atomic mass is 35.5. The van der Waals surface area contributed by atoms with E-state index in [0.29, 0.717) is 13.2 Å². The third kappa shape index (κ3) is 5.20. The number of nitrogens with zero attached hydrogens (tertiary/aromatic N) is 2. The second-order valence-corrected chi connectivity index (χ2v) is 8.10. The third-order valence-electron chi connectivity index (χ3n) is 5.36. The van der Waals surface area contributed by atoms with Crippen LogP contribution in [-0.4, -0.2) is 16.2 Å². The molecule has 5 heteroatoms. The van der Waals surface area contributed by atoms with E-state index in [9.17, 15) is 0 Å². The van der Waals surface area contributed by atoms with Crippen molar-refractivity contribution < 1.29 is 9.47 Å². The second kappa shape index (κ2) is 9.88. The van der Waals surface area contributed by atoms with E-state index >= 15 is 0 Å². The van der Waals surface area contributed by atoms with E-state index in [0.717, 1.165) is 63.9 Å². The van der Waals surface area contributed by atoms with Crippen molar-refractivity contribution >= 4 is 22.6 Å². The van der Waals surface area contributed by atoms with Crippen LogP contribution < -0.4 is 9.47 Å². The van der Waals surface area contributed by atoms with Gasteiger partial charge in [0.25, 0.3) is 0 Å². The molecule has 0 unspecified atom stereocenters. The highest BCUT2D eigenvalue weighted by Crippen LogP contribution is 2.23. The maximum atomic E-state index is 6.08. The standard InChI is InChI=1S/C26H27ClN2O2/c1-19-9-3-6-12-25(19)31-18-26-28-23-10-4-5-11-24(23)29(26)15-7-8-16-30-21-13-14-22(27)20(2)17-21/h3-6,9-14,17H,7-8,15-16,18H2,1-2H3. The van der Waals surface area contributed by atoms with Crippen molar-refractivity contribution in [2.45, 2.75) is 39.8 Å². The van der Waals surface area contributed by atoms with E-state index in [1.165, 1.54) is 0 Å². The summed E-state index contributed by atoms with van der Waals surface area (Å²) in [6.45, 7) is 6.03. The lowest BCUT2D eigenvalue weighted by atomic mass is 10.2. The number of imidazole rings is 1. The van der Waals surface area contributed by atoms with Crippen molar-refractivity contribution in [2.24, 2.45) is 0 Å². The van der Waals surface area contributed by atoms with Gasteiger partial charge in [-0.15, -0.1) is 0 Å². The fraction of sp³-hybridized carbons (Fsp3) is 0.269. The molecule has 1 aromatic heterocycles. The van der Waals surface area contributed by atoms with Crippen LogP contribution in [0.15, 0.2) is 66.7 Å². The Kier molecular flexibility index (Phi) is 6.78. The minimum absolute atomic E-state index is 0.445. The Morgan fingerprint density at radius 3 is 2.52 bits per heavy atom. The Morgan fingerprint density at radius 1 is 0.871 bits per heavy atom. The van der Waals surface area contributed by atoms with Gasteiger partial charge in [-0.2, -0.15) is 0 Å². The molecule has 0 bridgehead atoms. The van der Waals surface area contributed by atoms with Crippen LogP contribution in [0, 0.1) is 13.8 Å². The maximum absolute atomic E-state index is 6.08. The summed E-state index contributed by atoms with van der Waals surface area (Å²) in [7, 11) is 0. The predicted molar refractivity (Wildman–Crippen MR) is 126 cm³/mol. The molecule has 4 nitrogen and oxygen atoms in total. The highest BCUT2D eigenvalue weighted by Gasteiger charge is 2.11. The number of aryl methyl sites for hydroxylation is 3. The molecule has 0 N–H and O–H groups in total. The van der Waals surface area contributed by atoms with E-state index in [4.69, 9.17) is 26.1 Å². The normalized spacial score (nSPS) is 11.1. The summed E-state index contributed by atoms with van der Waals surface area (Å²) < 4.78 is 14.2. The lowest BCUT2D eigenvalue weighted by Gasteiger charge is -2.12. The third-order valence-corrected chi connectivity index (χ3v) is 5.78. The Balaban J connectivity index is 1.38. The van der Waals surface area contributed by atoms with Crippen molar-refractivity contribution in [1.29, 1.82) is 0 Å². The largest absolute Gasteiger partial charge is 0.494 e. The van der Waals surface area contributed by atoms with Crippen LogP contribution in [0.3, 0.4) is 0 Å². The Hall–Kier alpha value is -2.98. The Bertz CT molecular complexity index is 1170. The quantitative estimate of drug-likeness (QED) is 0.273. The predicted octanol–water partition coefficient (Wildman–Crippen LogP) is 6.74. The van der Waals surface area contributed by atoms with Gasteiger partial charge in [0.05, 0.1) is 17.6 Å². The van der Waals surface area contributed by atoms with E-state index in [1.807, 2.05) is 49.4 Å². The molecule has 0 saturated heterocycles. The van der Waals surface area contributed by atoms with Crippen molar-refractivity contribution in [3.63, 3.8) is 0 Å². The van der Waals surface area contributed by atoms with Crippen molar-refractivity contribution in [1.82, 2.24) is 9.55 Å². The number of hydrogen-bond acceptors (Lipinski definition) is 3. The zero-order valence-corrected chi connectivity index (χ0v) is 18.7. The molecule has 31 heavy (non-hydrogen) atoms. The van der Waals surface area contributed by atoms with Gasteiger partial charge in [-0.1, -0.05) is 41.9 Å². The molecule has 0 atom stereocenters. The summed E-state index contributed by atoms with van der Waals surface area (Å²) in [5, 5.41) is 0.764. The van der Waals surface area contributed by atoms with Crippen LogP contribution in [0.2, 0.25) is 5.02 Å². The average Bonchev–Trinajstić information content (AvgIpc) is 3.13. The summed E-state index contributed by atoms with van der Waals surface area (Å²) in [6.07, 6.45) is 1.94. The molecule has 0 aliphatic heterocycles. The Morgan fingerprint density at radius 2 is 1.68 bits per heavy atom. The molecule has 1 heterocycles. The number of unbranched alkanes of at least 4 members (excludes halogenated alkanes) is 1. The van der Waals surface area contributed by atoms with Gasteiger partial charge < -0.3 is 14.0 Å². The molecule has 160 valence electrons. The molecule has 0 radical (unpaired) electrons. The molecule has 0 aliphatic rings. The van der Waals surface area contributed by atoms with E-state index in [1.54, 1.807) is 0 Å². The zero-order chi connectivity index (χ0) is 21.6. The van der Waals surface area contributed by atoms with Crippen molar-refractivity contribution in [2.75, 3.05) is 6.61 Å². The summed E-state index contributed by atoms with van der Waals surface area (Å²) in [6, 6.07) is 22.1. The summed E-state index contributed by atoms with van der Waals surface area (Å²) in [4.78, 5) is 4.82. The van der Waals surface area contributed by atoms with Crippen LogP contribution in [0.4, 0.5) is 0 Å². The topological polar surface area (TPSA) is 36.3 Å². The summed E-state index contributed by atoms with van der Waals surface area (Å²) >= 11 is 6.08. The molecular weight excluding hydrogens is 408 g/mol. The molecule has 3 aromatic carbocycles. The van der Waals surface area contributed by atoms with Crippen molar-refractivity contribution in [3.8, 4) is 11.5 Å². The molecular formula is C26H27ClN2O2. The number of benzene rings is 3. The molecule has 0 saturated carbocycles. The smallest absolute Gasteiger partial charge is 0.147 e. The zero-order valence-electron chi connectivity index (χ0n) is 18.0. The fourth-order valence-corrected chi connectivity index (χ4v) is 3.73. The first-order valence-corrected chi connectivity index (χ1v) is 11.0. The number of rotatable bonds is 9. The molecule has 0 spiro atoms. The van der Waals surface area contributed by atoms with Crippen LogP contribution >= 0.6 is 11.6 Å². The van der Waals surface area contributed by atoms with E-state index in [2.05, 4.69) is 35.8 Å². The van der Waals surface area contributed by atoms with Gasteiger partial charge in [0.1, 0.15) is 23.9 Å². The molecule has 4 rings (SSSR count). The average molecular weight is 435 g/mol. The van der Waals surface area contributed by atoms with Crippen LogP contribution in [0.5, 0.6) is 11.5 Å². The number of hydrogen-bond donors (Lipinski definition) is 0. The SMILES string of the molecule is Cc1cc(OCCCCn2c(COc3ccccc3C)nc3ccccc32)ccc1Cl. The van der Waals surface area contributed by atoms with Crippen LogP contribution in [-0.2, 0) is 13.2 Å². The van der Waals surface area contributed by atoms with Gasteiger partial charge in [-0.3, -0.25) is 0 Å². The number of ether oxygens (including phenoxy) is 2. The number of fused-ring (bicyclic) bond motifs is 1. The van der Waals surface area contributed by atoms with Crippen LogP contribution in [0.1, 0.15) is 29.8 Å².